The third-order valence-corrected chi connectivity index (χ3v) is 3.50. The predicted octanol–water partition coefficient (Wildman–Crippen LogP) is -0.271. The molecule has 1 aliphatic rings. The highest BCUT2D eigenvalue weighted by atomic mass is 16.2. The summed E-state index contributed by atoms with van der Waals surface area (Å²) in [6, 6.07) is 3.40. The van der Waals surface area contributed by atoms with E-state index in [-0.39, 0.29) is 24.3 Å². The zero-order valence-electron chi connectivity index (χ0n) is 11.7. The molecule has 0 bridgehead atoms. The molecule has 0 aliphatic carbocycles. The minimum Gasteiger partial charge on any atom is -0.369 e. The molecule has 0 aromatic carbocycles. The molecule has 2 heterocycles. The summed E-state index contributed by atoms with van der Waals surface area (Å²) >= 11 is 0. The van der Waals surface area contributed by atoms with Crippen molar-refractivity contribution in [1.82, 2.24) is 9.88 Å². The van der Waals surface area contributed by atoms with Crippen molar-refractivity contribution in [3.05, 3.63) is 29.6 Å². The zero-order chi connectivity index (χ0) is 15.2. The number of amides is 2. The van der Waals surface area contributed by atoms with Crippen LogP contribution in [0.1, 0.15) is 28.9 Å². The van der Waals surface area contributed by atoms with Crippen LogP contribution in [0.15, 0.2) is 18.3 Å². The molecule has 2 rings (SSSR count). The van der Waals surface area contributed by atoms with E-state index >= 15 is 0 Å². The van der Waals surface area contributed by atoms with Crippen molar-refractivity contribution in [2.75, 3.05) is 19.6 Å². The summed E-state index contributed by atoms with van der Waals surface area (Å²) in [5.74, 6) is 5.04. The number of hydrogen-bond acceptors (Lipinski definition) is 4. The highest BCUT2D eigenvalue weighted by Crippen LogP contribution is 2.18. The van der Waals surface area contributed by atoms with Crippen molar-refractivity contribution < 1.29 is 9.59 Å². The van der Waals surface area contributed by atoms with Gasteiger partial charge >= 0.3 is 0 Å². The second-order valence-electron chi connectivity index (χ2n) is 4.91. The van der Waals surface area contributed by atoms with E-state index in [0.717, 1.165) is 5.56 Å². The number of rotatable bonds is 2. The number of hydrogen-bond donors (Lipinski definition) is 2. The molecule has 1 aliphatic heterocycles. The molecule has 4 N–H and O–H groups in total. The summed E-state index contributed by atoms with van der Waals surface area (Å²) in [7, 11) is 0. The molecule has 0 spiro atoms. The summed E-state index contributed by atoms with van der Waals surface area (Å²) in [6.45, 7) is 1.35. The summed E-state index contributed by atoms with van der Waals surface area (Å²) in [4.78, 5) is 29.2. The number of carbonyl (C=O) groups is 2. The highest BCUT2D eigenvalue weighted by molar-refractivity contribution is 5.92. The Morgan fingerprint density at radius 3 is 2.57 bits per heavy atom. The number of pyridine rings is 1. The lowest BCUT2D eigenvalue weighted by molar-refractivity contribution is -0.123. The first-order chi connectivity index (χ1) is 10.1. The number of nitrogens with zero attached hydrogens (tertiary/aromatic N) is 2. The SMILES string of the molecule is NCC#Cc1ccc(C(=O)N2CCC(C(N)=O)CC2)nc1. The smallest absolute Gasteiger partial charge is 0.272 e. The van der Waals surface area contributed by atoms with Crippen LogP contribution in [0.4, 0.5) is 0 Å². The first kappa shape index (κ1) is 15.0. The van der Waals surface area contributed by atoms with Gasteiger partial charge in [-0.1, -0.05) is 11.8 Å². The summed E-state index contributed by atoms with van der Waals surface area (Å²) in [5, 5.41) is 0. The Labute approximate surface area is 123 Å². The van der Waals surface area contributed by atoms with Crippen molar-refractivity contribution in [3.8, 4) is 11.8 Å². The van der Waals surface area contributed by atoms with Crippen molar-refractivity contribution in [3.63, 3.8) is 0 Å². The van der Waals surface area contributed by atoms with Crippen molar-refractivity contribution in [2.45, 2.75) is 12.8 Å². The van der Waals surface area contributed by atoms with Crippen LogP contribution in [0.25, 0.3) is 0 Å². The minimum atomic E-state index is -0.289. The van der Waals surface area contributed by atoms with E-state index < -0.39 is 0 Å². The molecule has 21 heavy (non-hydrogen) atoms. The second-order valence-corrected chi connectivity index (χ2v) is 4.91. The van der Waals surface area contributed by atoms with Gasteiger partial charge in [-0.15, -0.1) is 0 Å². The minimum absolute atomic E-state index is 0.128. The van der Waals surface area contributed by atoms with Gasteiger partial charge in [-0.3, -0.25) is 9.59 Å². The van der Waals surface area contributed by atoms with Crippen molar-refractivity contribution in [2.24, 2.45) is 17.4 Å². The van der Waals surface area contributed by atoms with E-state index in [1.165, 1.54) is 0 Å². The second kappa shape index (κ2) is 6.86. The largest absolute Gasteiger partial charge is 0.369 e. The maximum absolute atomic E-state index is 12.3. The highest BCUT2D eigenvalue weighted by Gasteiger charge is 2.26. The van der Waals surface area contributed by atoms with Gasteiger partial charge in [0.15, 0.2) is 0 Å². The summed E-state index contributed by atoms with van der Waals surface area (Å²) in [6.07, 6.45) is 2.79. The fourth-order valence-corrected chi connectivity index (χ4v) is 2.28. The number of likely N-dealkylation sites (tertiary alicyclic amines) is 1. The first-order valence-corrected chi connectivity index (χ1v) is 6.85. The average Bonchev–Trinajstić information content (AvgIpc) is 2.53. The topological polar surface area (TPSA) is 102 Å². The lowest BCUT2D eigenvalue weighted by Crippen LogP contribution is -2.42. The number of primary amides is 1. The van der Waals surface area contributed by atoms with Gasteiger partial charge in [0, 0.05) is 30.8 Å². The first-order valence-electron chi connectivity index (χ1n) is 6.85. The quantitative estimate of drug-likeness (QED) is 0.730. The Hall–Kier alpha value is -2.39. The van der Waals surface area contributed by atoms with Crippen LogP contribution >= 0.6 is 0 Å². The molecule has 110 valence electrons. The van der Waals surface area contributed by atoms with Crippen LogP contribution in [-0.4, -0.2) is 41.3 Å². The van der Waals surface area contributed by atoms with E-state index in [0.29, 0.717) is 31.6 Å². The van der Waals surface area contributed by atoms with Crippen LogP contribution < -0.4 is 11.5 Å². The van der Waals surface area contributed by atoms with Crippen LogP contribution in [0.2, 0.25) is 0 Å². The number of aromatic nitrogens is 1. The maximum Gasteiger partial charge on any atom is 0.272 e. The van der Waals surface area contributed by atoms with Gasteiger partial charge in [-0.25, -0.2) is 4.98 Å². The van der Waals surface area contributed by atoms with Gasteiger partial charge in [-0.05, 0) is 25.0 Å². The van der Waals surface area contributed by atoms with Crippen LogP contribution in [0, 0.1) is 17.8 Å². The Bertz CT molecular complexity index is 578. The van der Waals surface area contributed by atoms with Gasteiger partial charge in [0.25, 0.3) is 5.91 Å². The molecule has 6 heteroatoms. The predicted molar refractivity (Wildman–Crippen MR) is 78.0 cm³/mol. The fourth-order valence-electron chi connectivity index (χ4n) is 2.28. The molecular formula is C15H18N4O2. The molecular weight excluding hydrogens is 268 g/mol. The van der Waals surface area contributed by atoms with E-state index in [2.05, 4.69) is 16.8 Å². The third-order valence-electron chi connectivity index (χ3n) is 3.50. The van der Waals surface area contributed by atoms with Gasteiger partial charge in [-0.2, -0.15) is 0 Å². The molecule has 1 aromatic heterocycles. The summed E-state index contributed by atoms with van der Waals surface area (Å²) < 4.78 is 0. The Kier molecular flexibility index (Phi) is 4.90. The number of piperidine rings is 1. The van der Waals surface area contributed by atoms with Crippen LogP contribution in [0.5, 0.6) is 0 Å². The molecule has 2 amide bonds. The molecule has 6 nitrogen and oxygen atoms in total. The normalized spacial score (nSPS) is 15.2. The van der Waals surface area contributed by atoms with Crippen molar-refractivity contribution in [1.29, 1.82) is 0 Å². The molecule has 1 aromatic rings. The Balaban J connectivity index is 1.99. The molecule has 0 saturated carbocycles. The van der Waals surface area contributed by atoms with Gasteiger partial charge in [0.2, 0.25) is 5.91 Å². The molecule has 0 atom stereocenters. The van der Waals surface area contributed by atoms with E-state index in [4.69, 9.17) is 11.5 Å². The van der Waals surface area contributed by atoms with Gasteiger partial charge in [0.1, 0.15) is 5.69 Å². The third kappa shape index (κ3) is 3.80. The zero-order valence-corrected chi connectivity index (χ0v) is 11.7. The van der Waals surface area contributed by atoms with E-state index in [1.54, 1.807) is 23.2 Å². The lowest BCUT2D eigenvalue weighted by atomic mass is 9.96. The van der Waals surface area contributed by atoms with Gasteiger partial charge in [0.05, 0.1) is 6.54 Å². The Morgan fingerprint density at radius 2 is 2.05 bits per heavy atom. The summed E-state index contributed by atoms with van der Waals surface area (Å²) in [5.41, 5.74) is 11.7. The number of nitrogens with two attached hydrogens (primary N) is 2. The molecule has 0 radical (unpaired) electrons. The average molecular weight is 286 g/mol. The monoisotopic (exact) mass is 286 g/mol. The lowest BCUT2D eigenvalue weighted by Gasteiger charge is -2.30. The van der Waals surface area contributed by atoms with Crippen molar-refractivity contribution >= 4 is 11.8 Å². The number of carbonyl (C=O) groups excluding carboxylic acids is 2. The standard InChI is InChI=1S/C15H18N4O2/c16-7-1-2-11-3-4-13(18-10-11)15(21)19-8-5-12(6-9-19)14(17)20/h3-4,10,12H,5-9,16H2,(H2,17,20). The van der Waals surface area contributed by atoms with E-state index in [1.807, 2.05) is 0 Å². The fraction of sp³-hybridized carbons (Fsp3) is 0.400. The Morgan fingerprint density at radius 1 is 1.33 bits per heavy atom. The van der Waals surface area contributed by atoms with Gasteiger partial charge < -0.3 is 16.4 Å². The maximum atomic E-state index is 12.3. The van der Waals surface area contributed by atoms with E-state index in [9.17, 15) is 9.59 Å². The van der Waals surface area contributed by atoms with Crippen LogP contribution in [-0.2, 0) is 4.79 Å². The molecule has 1 fully saturated rings. The molecule has 1 saturated heterocycles. The molecule has 0 unspecified atom stereocenters. The van der Waals surface area contributed by atoms with Crippen LogP contribution in [0.3, 0.4) is 0 Å².